The molecule has 1 aromatic heterocycles. The van der Waals surface area contributed by atoms with Gasteiger partial charge in [-0.2, -0.15) is 0 Å². The summed E-state index contributed by atoms with van der Waals surface area (Å²) in [7, 11) is 0. The van der Waals surface area contributed by atoms with Crippen LogP contribution in [0.3, 0.4) is 0 Å². The van der Waals surface area contributed by atoms with Crippen LogP contribution in [0.15, 0.2) is 64.3 Å². The molecule has 168 valence electrons. The molecular weight excluding hydrogens is 426 g/mol. The Balaban J connectivity index is 1.71. The Labute approximate surface area is 191 Å². The van der Waals surface area contributed by atoms with Gasteiger partial charge in [-0.3, -0.25) is 4.79 Å². The first kappa shape index (κ1) is 22.3. The second kappa shape index (κ2) is 9.71. The number of ether oxygens (including phenoxy) is 2. The number of hydrogen-bond acceptors (Lipinski definition) is 7. The third-order valence-electron chi connectivity index (χ3n) is 5.86. The van der Waals surface area contributed by atoms with Crippen LogP contribution >= 0.6 is 11.3 Å². The molecule has 2 atom stereocenters. The maximum absolute atomic E-state index is 13.4. The van der Waals surface area contributed by atoms with Gasteiger partial charge in [0.05, 0.1) is 12.2 Å². The Kier molecular flexibility index (Phi) is 6.77. The molecule has 1 aliphatic carbocycles. The first-order valence-corrected chi connectivity index (χ1v) is 11.7. The highest BCUT2D eigenvalue weighted by atomic mass is 32.1. The van der Waals surface area contributed by atoms with E-state index in [-0.39, 0.29) is 24.1 Å². The van der Waals surface area contributed by atoms with Crippen molar-refractivity contribution in [1.29, 1.82) is 0 Å². The second-order valence-corrected chi connectivity index (χ2v) is 8.94. The molecule has 0 unspecified atom stereocenters. The van der Waals surface area contributed by atoms with Gasteiger partial charge in [0.15, 0.2) is 5.78 Å². The zero-order chi connectivity index (χ0) is 22.7. The van der Waals surface area contributed by atoms with Crippen LogP contribution in [-0.2, 0) is 19.1 Å². The van der Waals surface area contributed by atoms with Gasteiger partial charge in [-0.05, 0) is 49.4 Å². The van der Waals surface area contributed by atoms with E-state index in [0.29, 0.717) is 48.5 Å². The second-order valence-electron chi connectivity index (χ2n) is 7.96. The topological polar surface area (TPSA) is 84.9 Å². The number of allylic oxidation sites excluding steroid dienone is 3. The highest BCUT2D eigenvalue weighted by molar-refractivity contribution is 7.10. The van der Waals surface area contributed by atoms with Gasteiger partial charge in [0.25, 0.3) is 0 Å². The lowest BCUT2D eigenvalue weighted by Gasteiger charge is -2.36. The van der Waals surface area contributed by atoms with Crippen molar-refractivity contribution >= 4 is 23.1 Å². The molecule has 4 rings (SSSR count). The lowest BCUT2D eigenvalue weighted by molar-refractivity contribution is -0.140. The largest absolute Gasteiger partial charge is 0.508 e. The summed E-state index contributed by atoms with van der Waals surface area (Å²) in [5.41, 5.74) is 3.19. The van der Waals surface area contributed by atoms with Gasteiger partial charge in [0.1, 0.15) is 12.4 Å². The lowest BCUT2D eigenvalue weighted by atomic mass is 9.72. The van der Waals surface area contributed by atoms with E-state index >= 15 is 0 Å². The zero-order valence-corrected chi connectivity index (χ0v) is 19.0. The first-order valence-electron chi connectivity index (χ1n) is 10.8. The normalized spacial score (nSPS) is 20.8. The smallest absolute Gasteiger partial charge is 0.336 e. The number of thiophene rings is 1. The molecule has 0 saturated heterocycles. The monoisotopic (exact) mass is 453 g/mol. The number of phenols is 1. The van der Waals surface area contributed by atoms with Crippen LogP contribution in [-0.4, -0.2) is 36.7 Å². The van der Waals surface area contributed by atoms with Crippen LogP contribution in [0.4, 0.5) is 0 Å². The number of rotatable bonds is 7. The van der Waals surface area contributed by atoms with Crippen molar-refractivity contribution in [3.8, 4) is 5.75 Å². The fourth-order valence-electron chi connectivity index (χ4n) is 4.49. The van der Waals surface area contributed by atoms with E-state index in [1.807, 2.05) is 31.4 Å². The van der Waals surface area contributed by atoms with E-state index in [1.54, 1.807) is 29.5 Å². The maximum atomic E-state index is 13.4. The van der Waals surface area contributed by atoms with Crippen molar-refractivity contribution in [2.45, 2.75) is 38.5 Å². The lowest BCUT2D eigenvalue weighted by Crippen LogP contribution is -2.36. The predicted molar refractivity (Wildman–Crippen MR) is 122 cm³/mol. The third kappa shape index (κ3) is 4.49. The zero-order valence-electron chi connectivity index (χ0n) is 18.2. The summed E-state index contributed by atoms with van der Waals surface area (Å²) in [5, 5.41) is 15.5. The molecule has 0 spiro atoms. The average Bonchev–Trinajstić information content (AvgIpc) is 3.30. The van der Waals surface area contributed by atoms with Gasteiger partial charge in [-0.25, -0.2) is 4.79 Å². The van der Waals surface area contributed by atoms with Gasteiger partial charge in [-0.15, -0.1) is 11.3 Å². The first-order chi connectivity index (χ1) is 15.5. The molecule has 1 aliphatic heterocycles. The van der Waals surface area contributed by atoms with E-state index < -0.39 is 11.9 Å². The SMILES string of the molecule is CCOCCOC(=O)C1=C(C)NC2=C(C(=O)C[C@@H](c3cccs3)C2)[C@H]1c1cccc(O)c1. The van der Waals surface area contributed by atoms with Crippen molar-refractivity contribution in [2.24, 2.45) is 0 Å². The molecule has 1 aromatic carbocycles. The minimum Gasteiger partial charge on any atom is -0.508 e. The van der Waals surface area contributed by atoms with Crippen molar-refractivity contribution in [2.75, 3.05) is 19.8 Å². The van der Waals surface area contributed by atoms with E-state index in [1.165, 1.54) is 4.88 Å². The third-order valence-corrected chi connectivity index (χ3v) is 6.90. The molecule has 2 aliphatic rings. The highest BCUT2D eigenvalue weighted by Crippen LogP contribution is 2.46. The Bertz CT molecular complexity index is 1070. The molecule has 2 aromatic rings. The van der Waals surface area contributed by atoms with Crippen molar-refractivity contribution in [1.82, 2.24) is 5.32 Å². The standard InChI is InChI=1S/C25H27NO5S/c1-3-30-9-10-31-25(29)22-15(2)26-19-13-17(21-8-5-11-32-21)14-20(28)24(19)23(22)16-6-4-7-18(27)12-16/h4-8,11-12,17,23,26-27H,3,9-10,13-14H2,1-2H3/t17-,23-/m0/s1. The van der Waals surface area contributed by atoms with Crippen LogP contribution in [0, 0.1) is 0 Å². The number of carbonyl (C=O) groups is 2. The Hall–Kier alpha value is -2.90. The number of carbonyl (C=O) groups excluding carboxylic acids is 2. The van der Waals surface area contributed by atoms with Crippen molar-refractivity contribution < 1.29 is 24.2 Å². The van der Waals surface area contributed by atoms with Crippen LogP contribution in [0.25, 0.3) is 0 Å². The molecule has 2 heterocycles. The minimum absolute atomic E-state index is 0.0117. The summed E-state index contributed by atoms with van der Waals surface area (Å²) >= 11 is 1.66. The number of benzene rings is 1. The Morgan fingerprint density at radius 2 is 2.06 bits per heavy atom. The van der Waals surface area contributed by atoms with Crippen LogP contribution < -0.4 is 5.32 Å². The van der Waals surface area contributed by atoms with Gasteiger partial charge in [-0.1, -0.05) is 18.2 Å². The van der Waals surface area contributed by atoms with Crippen LogP contribution in [0.5, 0.6) is 5.75 Å². The fraction of sp³-hybridized carbons (Fsp3) is 0.360. The number of phenolic OH excluding ortho intramolecular Hbond substituents is 1. The van der Waals surface area contributed by atoms with Crippen molar-refractivity contribution in [3.05, 3.63) is 74.8 Å². The van der Waals surface area contributed by atoms with Gasteiger partial charge in [0.2, 0.25) is 0 Å². The van der Waals surface area contributed by atoms with Gasteiger partial charge >= 0.3 is 5.97 Å². The molecule has 0 radical (unpaired) electrons. The number of hydrogen-bond donors (Lipinski definition) is 2. The number of ketones is 1. The molecule has 2 N–H and O–H groups in total. The molecule has 7 heteroatoms. The van der Waals surface area contributed by atoms with Crippen molar-refractivity contribution in [3.63, 3.8) is 0 Å². The molecule has 32 heavy (non-hydrogen) atoms. The van der Waals surface area contributed by atoms with E-state index in [0.717, 1.165) is 5.70 Å². The van der Waals surface area contributed by atoms with Crippen LogP contribution in [0.2, 0.25) is 0 Å². The van der Waals surface area contributed by atoms with Crippen LogP contribution in [0.1, 0.15) is 49.0 Å². The van der Waals surface area contributed by atoms with E-state index in [2.05, 4.69) is 11.4 Å². The quantitative estimate of drug-likeness (QED) is 0.478. The number of Topliss-reactive ketones (excluding diaryl/α,β-unsaturated/α-hetero) is 1. The Morgan fingerprint density at radius 3 is 2.78 bits per heavy atom. The summed E-state index contributed by atoms with van der Waals surface area (Å²) in [6.45, 7) is 4.70. The number of aromatic hydroxyl groups is 1. The van der Waals surface area contributed by atoms with Gasteiger partial charge in [0, 0.05) is 46.7 Å². The molecular formula is C25H27NO5S. The molecule has 0 bridgehead atoms. The highest BCUT2D eigenvalue weighted by Gasteiger charge is 2.41. The summed E-state index contributed by atoms with van der Waals surface area (Å²) in [6, 6.07) is 10.8. The molecule has 0 saturated carbocycles. The summed E-state index contributed by atoms with van der Waals surface area (Å²) in [5.74, 6) is -0.856. The van der Waals surface area contributed by atoms with Gasteiger partial charge < -0.3 is 19.9 Å². The molecule has 6 nitrogen and oxygen atoms in total. The summed E-state index contributed by atoms with van der Waals surface area (Å²) in [4.78, 5) is 27.7. The molecule has 0 amide bonds. The van der Waals surface area contributed by atoms with E-state index in [4.69, 9.17) is 9.47 Å². The minimum atomic E-state index is -0.588. The maximum Gasteiger partial charge on any atom is 0.336 e. The summed E-state index contributed by atoms with van der Waals surface area (Å²) < 4.78 is 10.7. The Morgan fingerprint density at radius 1 is 1.22 bits per heavy atom. The predicted octanol–water partition coefficient (Wildman–Crippen LogP) is 4.40. The number of esters is 1. The molecule has 0 fully saturated rings. The average molecular weight is 454 g/mol. The number of nitrogens with one attached hydrogen (secondary N) is 1. The summed E-state index contributed by atoms with van der Waals surface area (Å²) in [6.07, 6.45) is 1.09. The fourth-order valence-corrected chi connectivity index (χ4v) is 5.32. The number of dihydropyridines is 1. The van der Waals surface area contributed by atoms with E-state index in [9.17, 15) is 14.7 Å².